The second kappa shape index (κ2) is 6.14. The molecule has 4 aromatic rings. The van der Waals surface area contributed by atoms with Crippen LogP contribution < -0.4 is 10.0 Å². The first-order chi connectivity index (χ1) is 13.5. The zero-order chi connectivity index (χ0) is 19.3. The molecule has 1 aliphatic heterocycles. The number of nitrogens with one attached hydrogen (secondary N) is 3. The van der Waals surface area contributed by atoms with Gasteiger partial charge in [-0.15, -0.1) is 0 Å². The van der Waals surface area contributed by atoms with Gasteiger partial charge in [-0.3, -0.25) is 0 Å². The lowest BCUT2D eigenvalue weighted by molar-refractivity contribution is 0.688. The van der Waals surface area contributed by atoms with E-state index < -0.39 is 9.71 Å². The molecule has 0 amide bonds. The van der Waals surface area contributed by atoms with Crippen molar-refractivity contribution in [3.63, 3.8) is 0 Å². The van der Waals surface area contributed by atoms with Crippen molar-refractivity contribution in [2.45, 2.75) is 6.04 Å². The number of para-hydroxylation sites is 1. The monoisotopic (exact) mass is 388 g/mol. The van der Waals surface area contributed by atoms with Crippen molar-refractivity contribution in [1.29, 1.82) is 0 Å². The molecule has 1 aliphatic rings. The Morgan fingerprint density at radius 2 is 1.86 bits per heavy atom. The van der Waals surface area contributed by atoms with E-state index in [-0.39, 0.29) is 6.04 Å². The first-order valence-electron chi connectivity index (χ1n) is 9.01. The van der Waals surface area contributed by atoms with E-state index in [1.54, 1.807) is 6.26 Å². The molecule has 2 atom stereocenters. The number of hydrogen-bond acceptors (Lipinski definition) is 3. The molecule has 28 heavy (non-hydrogen) atoms. The summed E-state index contributed by atoms with van der Waals surface area (Å²) < 4.78 is 14.9. The van der Waals surface area contributed by atoms with E-state index >= 15 is 0 Å². The largest absolute Gasteiger partial charge is 0.374 e. The predicted molar refractivity (Wildman–Crippen MR) is 118 cm³/mol. The van der Waals surface area contributed by atoms with Crippen LogP contribution >= 0.6 is 0 Å². The van der Waals surface area contributed by atoms with Crippen LogP contribution in [0.3, 0.4) is 0 Å². The van der Waals surface area contributed by atoms with Gasteiger partial charge in [0.25, 0.3) is 0 Å². The van der Waals surface area contributed by atoms with Crippen molar-refractivity contribution >= 4 is 38.0 Å². The van der Waals surface area contributed by atoms with Gasteiger partial charge in [0.15, 0.2) is 0 Å². The van der Waals surface area contributed by atoms with Crippen LogP contribution in [-0.2, 0) is 9.71 Å². The molecule has 0 bridgehead atoms. The summed E-state index contributed by atoms with van der Waals surface area (Å²) in [4.78, 5) is 7.82. The van der Waals surface area contributed by atoms with E-state index in [4.69, 9.17) is 0 Å². The number of fused-ring (bicyclic) bond motifs is 2. The molecule has 0 radical (unpaired) electrons. The third kappa shape index (κ3) is 2.82. The summed E-state index contributed by atoms with van der Waals surface area (Å²) in [6.07, 6.45) is 5.47. The molecule has 3 heterocycles. The highest BCUT2D eigenvalue weighted by Crippen LogP contribution is 2.43. The Balaban J connectivity index is 1.67. The van der Waals surface area contributed by atoms with Gasteiger partial charge in [-0.1, -0.05) is 30.3 Å². The van der Waals surface area contributed by atoms with Crippen LogP contribution in [0.2, 0.25) is 0 Å². The summed E-state index contributed by atoms with van der Waals surface area (Å²) in [5.41, 5.74) is 7.38. The van der Waals surface area contributed by atoms with Gasteiger partial charge in [-0.2, -0.15) is 0 Å². The topological polar surface area (TPSA) is 69.8 Å². The van der Waals surface area contributed by atoms with Gasteiger partial charge in [0.05, 0.1) is 6.04 Å². The van der Waals surface area contributed by atoms with Crippen LogP contribution in [-0.4, -0.2) is 26.3 Å². The minimum absolute atomic E-state index is 0.0277. The van der Waals surface area contributed by atoms with Crippen molar-refractivity contribution in [2.24, 2.45) is 0 Å². The van der Waals surface area contributed by atoms with Crippen LogP contribution in [0.25, 0.3) is 22.2 Å². The van der Waals surface area contributed by atoms with Gasteiger partial charge in [-0.05, 0) is 41.3 Å². The number of pyridine rings is 1. The summed E-state index contributed by atoms with van der Waals surface area (Å²) in [6.45, 7) is 0. The standard InChI is InChI=1S/C22H20N4OS/c1-28(2,27)26-15-9-7-14(8-10-15)21-18-13-24-22-20(18)17(11-12-23-22)16-5-3-4-6-19(16)25-21/h3-13,21,25H,1H2,2H3,(H,23,24)(H,26,27). The van der Waals surface area contributed by atoms with Crippen LogP contribution in [0, 0.1) is 0 Å². The quantitative estimate of drug-likeness (QED) is 0.455. The van der Waals surface area contributed by atoms with Gasteiger partial charge in [-0.25, -0.2) is 9.19 Å². The number of H-pyrrole nitrogens is 1. The minimum atomic E-state index is -2.30. The molecule has 2 aromatic heterocycles. The van der Waals surface area contributed by atoms with Crippen molar-refractivity contribution in [3.05, 3.63) is 78.1 Å². The zero-order valence-electron chi connectivity index (χ0n) is 15.4. The molecule has 3 N–H and O–H groups in total. The average molecular weight is 388 g/mol. The Kier molecular flexibility index (Phi) is 3.70. The molecule has 2 aromatic carbocycles. The lowest BCUT2D eigenvalue weighted by Gasteiger charge is -2.20. The second-order valence-corrected chi connectivity index (χ2v) is 9.39. The summed E-state index contributed by atoms with van der Waals surface area (Å²) in [5.74, 6) is 3.65. The fourth-order valence-corrected chi connectivity index (χ4v) is 4.50. The van der Waals surface area contributed by atoms with E-state index in [1.165, 1.54) is 11.1 Å². The maximum Gasteiger partial charge on any atom is 0.138 e. The lowest BCUT2D eigenvalue weighted by Crippen LogP contribution is -2.12. The summed E-state index contributed by atoms with van der Waals surface area (Å²) in [5, 5.41) is 4.84. The number of nitrogens with zero attached hydrogens (tertiary/aromatic N) is 1. The van der Waals surface area contributed by atoms with Crippen LogP contribution in [0.1, 0.15) is 17.2 Å². The lowest BCUT2D eigenvalue weighted by atomic mass is 9.97. The Labute approximate surface area is 164 Å². The highest BCUT2D eigenvalue weighted by Gasteiger charge is 2.25. The van der Waals surface area contributed by atoms with Gasteiger partial charge in [0.2, 0.25) is 0 Å². The Morgan fingerprint density at radius 1 is 1.07 bits per heavy atom. The van der Waals surface area contributed by atoms with Gasteiger partial charge >= 0.3 is 0 Å². The molecule has 0 aliphatic carbocycles. The zero-order valence-corrected chi connectivity index (χ0v) is 16.2. The molecular formula is C22H20N4OS. The van der Waals surface area contributed by atoms with E-state index in [0.29, 0.717) is 0 Å². The van der Waals surface area contributed by atoms with Crippen LogP contribution in [0.4, 0.5) is 11.4 Å². The normalized spacial score (nSPS) is 17.2. The second-order valence-electron chi connectivity index (χ2n) is 7.18. The molecule has 0 saturated heterocycles. The average Bonchev–Trinajstić information content (AvgIpc) is 3.04. The number of aromatic nitrogens is 2. The van der Waals surface area contributed by atoms with Crippen LogP contribution in [0.5, 0.6) is 0 Å². The Hall–Kier alpha value is -3.25. The van der Waals surface area contributed by atoms with E-state index in [2.05, 4.69) is 50.1 Å². The molecule has 5 rings (SSSR count). The van der Waals surface area contributed by atoms with Gasteiger partial charge in [0, 0.05) is 56.2 Å². The molecule has 0 saturated carbocycles. The summed E-state index contributed by atoms with van der Waals surface area (Å²) in [7, 11) is -2.30. The molecular weight excluding hydrogens is 368 g/mol. The first kappa shape index (κ1) is 16.9. The van der Waals surface area contributed by atoms with Gasteiger partial charge in [0.1, 0.15) is 5.65 Å². The first-order valence-corrected chi connectivity index (χ1v) is 11.1. The molecule has 5 nitrogen and oxygen atoms in total. The molecule has 140 valence electrons. The van der Waals surface area contributed by atoms with Crippen molar-refractivity contribution < 1.29 is 4.21 Å². The Morgan fingerprint density at radius 3 is 2.64 bits per heavy atom. The fourth-order valence-electron chi connectivity index (χ4n) is 3.87. The molecule has 0 fully saturated rings. The number of rotatable bonds is 3. The number of aromatic amines is 1. The van der Waals surface area contributed by atoms with Crippen molar-refractivity contribution in [2.75, 3.05) is 16.3 Å². The predicted octanol–water partition coefficient (Wildman–Crippen LogP) is 4.42. The van der Waals surface area contributed by atoms with E-state index in [9.17, 15) is 4.21 Å². The minimum Gasteiger partial charge on any atom is -0.374 e. The SMILES string of the molecule is C=S(C)(=O)Nc1ccc(C2Nc3ccccc3-c3ccnc4[nH]cc2c34)cc1. The summed E-state index contributed by atoms with van der Waals surface area (Å²) >= 11 is 0. The van der Waals surface area contributed by atoms with Crippen molar-refractivity contribution in [1.82, 2.24) is 9.97 Å². The molecule has 0 spiro atoms. The highest BCUT2D eigenvalue weighted by molar-refractivity contribution is 8.00. The number of hydrogen-bond donors (Lipinski definition) is 3. The molecule has 2 unspecified atom stereocenters. The maximum absolute atomic E-state index is 11.9. The van der Waals surface area contributed by atoms with Gasteiger partial charge < -0.3 is 15.0 Å². The fraction of sp³-hybridized carbons (Fsp3) is 0.0909. The smallest absolute Gasteiger partial charge is 0.138 e. The van der Waals surface area contributed by atoms with E-state index in [0.717, 1.165) is 33.5 Å². The Bertz CT molecular complexity index is 1290. The molecule has 6 heteroatoms. The van der Waals surface area contributed by atoms with E-state index in [1.807, 2.05) is 42.7 Å². The third-order valence-corrected chi connectivity index (χ3v) is 5.68. The third-order valence-electron chi connectivity index (χ3n) is 5.01. The van der Waals surface area contributed by atoms with Crippen molar-refractivity contribution in [3.8, 4) is 11.1 Å². The summed E-state index contributed by atoms with van der Waals surface area (Å²) in [6, 6.07) is 18.4. The number of anilines is 2. The maximum atomic E-state index is 11.9. The van der Waals surface area contributed by atoms with Crippen LogP contribution in [0.15, 0.2) is 67.0 Å². The number of benzene rings is 2. The highest BCUT2D eigenvalue weighted by atomic mass is 32.2.